The Morgan fingerprint density at radius 1 is 1.26 bits per heavy atom. The summed E-state index contributed by atoms with van der Waals surface area (Å²) in [6.07, 6.45) is 6.94. The van der Waals surface area contributed by atoms with Crippen molar-refractivity contribution in [2.45, 2.75) is 77.8 Å². The van der Waals surface area contributed by atoms with Crippen molar-refractivity contribution in [1.82, 2.24) is 0 Å². The smallest absolute Gasteiger partial charge is 0.350 e. The van der Waals surface area contributed by atoms with Gasteiger partial charge in [0.1, 0.15) is 10.9 Å². The zero-order chi connectivity index (χ0) is 22.6. The minimum atomic E-state index is -0.751. The van der Waals surface area contributed by atoms with Gasteiger partial charge in [0.2, 0.25) is 5.91 Å². The molecule has 2 atom stereocenters. The number of esters is 1. The van der Waals surface area contributed by atoms with Gasteiger partial charge >= 0.3 is 5.97 Å². The number of ether oxygens (including phenoxy) is 1. The average Bonchev–Trinajstić information content (AvgIpc) is 3.17. The predicted octanol–water partition coefficient (Wildman–Crippen LogP) is 5.69. The van der Waals surface area contributed by atoms with Crippen molar-refractivity contribution < 1.29 is 14.3 Å². The van der Waals surface area contributed by atoms with Gasteiger partial charge in [-0.1, -0.05) is 36.2 Å². The molecule has 1 unspecified atom stereocenters. The summed E-state index contributed by atoms with van der Waals surface area (Å²) < 4.78 is 5.02. The molecule has 31 heavy (non-hydrogen) atoms. The van der Waals surface area contributed by atoms with E-state index in [4.69, 9.17) is 10.3 Å². The highest BCUT2D eigenvalue weighted by molar-refractivity contribution is 7.15. The molecule has 0 spiro atoms. The van der Waals surface area contributed by atoms with Crippen molar-refractivity contribution in [2.75, 3.05) is 12.0 Å². The number of azide groups is 1. The van der Waals surface area contributed by atoms with E-state index in [0.29, 0.717) is 27.8 Å². The molecule has 166 valence electrons. The molecular weight excluding hydrogens is 412 g/mol. The first-order valence-electron chi connectivity index (χ1n) is 10.9. The molecule has 3 rings (SSSR count). The Balaban J connectivity index is 2.09. The van der Waals surface area contributed by atoms with Crippen molar-refractivity contribution in [3.8, 4) is 11.8 Å². The van der Waals surface area contributed by atoms with E-state index >= 15 is 0 Å². The van der Waals surface area contributed by atoms with Gasteiger partial charge in [0.25, 0.3) is 0 Å². The van der Waals surface area contributed by atoms with Crippen LogP contribution in [-0.2, 0) is 9.53 Å². The SMILES string of the molecule is COC(=O)c1sc(C#CC(C)(C)C)cc1N1C(=O)C(N=[N+]=[N-])CC[C@H]1C1CCCCC1. The summed E-state index contributed by atoms with van der Waals surface area (Å²) in [5, 5.41) is 3.74. The maximum Gasteiger partial charge on any atom is 0.350 e. The standard InChI is InChI=1S/C23H30N4O3S/c1-23(2,3)13-12-16-14-19(20(31-16)22(29)30-4)27-18(15-8-6-5-7-9-15)11-10-17(21(27)28)25-26-24/h14-15,17-18H,5-11H2,1-4H3/t17?,18-/m0/s1. The minimum absolute atomic E-state index is 0.0145. The molecule has 1 saturated carbocycles. The number of hydrogen-bond acceptors (Lipinski definition) is 5. The Labute approximate surface area is 187 Å². The molecule has 1 aromatic rings. The quantitative estimate of drug-likeness (QED) is 0.197. The third-order valence-corrected chi connectivity index (χ3v) is 6.90. The van der Waals surface area contributed by atoms with E-state index in [1.165, 1.54) is 24.9 Å². The molecule has 1 aliphatic carbocycles. The number of carbonyl (C=O) groups excluding carboxylic acids is 2. The first-order valence-corrected chi connectivity index (χ1v) is 11.7. The van der Waals surface area contributed by atoms with Crippen LogP contribution in [0, 0.1) is 23.2 Å². The van der Waals surface area contributed by atoms with Crippen molar-refractivity contribution in [3.05, 3.63) is 26.3 Å². The van der Waals surface area contributed by atoms with E-state index in [-0.39, 0.29) is 17.4 Å². The highest BCUT2D eigenvalue weighted by Gasteiger charge is 2.42. The van der Waals surface area contributed by atoms with Gasteiger partial charge in [0.15, 0.2) is 0 Å². The third kappa shape index (κ3) is 5.41. The lowest BCUT2D eigenvalue weighted by Crippen LogP contribution is -2.53. The van der Waals surface area contributed by atoms with Crippen LogP contribution in [0.5, 0.6) is 0 Å². The second-order valence-electron chi connectivity index (χ2n) is 9.29. The van der Waals surface area contributed by atoms with Crippen molar-refractivity contribution in [3.63, 3.8) is 0 Å². The molecule has 2 aliphatic rings. The fraction of sp³-hybridized carbons (Fsp3) is 0.652. The Hall–Kier alpha value is -2.49. The number of carbonyl (C=O) groups is 2. The molecule has 0 aromatic carbocycles. The van der Waals surface area contributed by atoms with Gasteiger partial charge < -0.3 is 9.64 Å². The summed E-state index contributed by atoms with van der Waals surface area (Å²) in [7, 11) is 1.34. The van der Waals surface area contributed by atoms with E-state index in [2.05, 4.69) is 21.9 Å². The first-order chi connectivity index (χ1) is 14.7. The van der Waals surface area contributed by atoms with E-state index in [1.807, 2.05) is 26.8 Å². The summed E-state index contributed by atoms with van der Waals surface area (Å²) >= 11 is 1.25. The number of thiophene rings is 1. The Kier molecular flexibility index (Phi) is 7.30. The van der Waals surface area contributed by atoms with Crippen LogP contribution in [0.4, 0.5) is 5.69 Å². The fourth-order valence-electron chi connectivity index (χ4n) is 4.45. The largest absolute Gasteiger partial charge is 0.465 e. The number of amides is 1. The number of nitrogens with zero attached hydrogens (tertiary/aromatic N) is 4. The van der Waals surface area contributed by atoms with E-state index in [1.54, 1.807) is 4.90 Å². The molecule has 1 aromatic heterocycles. The van der Waals surface area contributed by atoms with Crippen LogP contribution < -0.4 is 4.90 Å². The van der Waals surface area contributed by atoms with Gasteiger partial charge in [-0.05, 0) is 64.0 Å². The Morgan fingerprint density at radius 2 is 1.97 bits per heavy atom. The van der Waals surface area contributed by atoms with Crippen LogP contribution in [0.3, 0.4) is 0 Å². The lowest BCUT2D eigenvalue weighted by Gasteiger charge is -2.43. The van der Waals surface area contributed by atoms with E-state index in [0.717, 1.165) is 32.1 Å². The highest BCUT2D eigenvalue weighted by Crippen LogP contribution is 2.41. The minimum Gasteiger partial charge on any atom is -0.465 e. The van der Waals surface area contributed by atoms with Gasteiger partial charge in [-0.15, -0.1) is 11.3 Å². The number of rotatable bonds is 4. The van der Waals surface area contributed by atoms with Crippen LogP contribution >= 0.6 is 11.3 Å². The molecule has 1 saturated heterocycles. The summed E-state index contributed by atoms with van der Waals surface area (Å²) in [4.78, 5) is 31.7. The topological polar surface area (TPSA) is 95.4 Å². The number of anilines is 1. The van der Waals surface area contributed by atoms with Gasteiger partial charge in [-0.25, -0.2) is 4.79 Å². The molecule has 2 fully saturated rings. The van der Waals surface area contributed by atoms with Crippen LogP contribution in [0.15, 0.2) is 11.2 Å². The molecular formula is C23H30N4O3S. The summed E-state index contributed by atoms with van der Waals surface area (Å²) in [6, 6.07) is 1.06. The lowest BCUT2D eigenvalue weighted by molar-refractivity contribution is -0.122. The molecule has 1 aliphatic heterocycles. The van der Waals surface area contributed by atoms with E-state index in [9.17, 15) is 9.59 Å². The number of hydrogen-bond donors (Lipinski definition) is 0. The molecule has 1 amide bonds. The van der Waals surface area contributed by atoms with Gasteiger partial charge in [-0.2, -0.15) is 0 Å². The predicted molar refractivity (Wildman–Crippen MR) is 122 cm³/mol. The van der Waals surface area contributed by atoms with Crippen molar-refractivity contribution >= 4 is 28.9 Å². The van der Waals surface area contributed by atoms with Crippen LogP contribution in [0.2, 0.25) is 0 Å². The summed E-state index contributed by atoms with van der Waals surface area (Å²) in [5.74, 6) is 6.00. The molecule has 0 radical (unpaired) electrons. The molecule has 7 nitrogen and oxygen atoms in total. The molecule has 0 N–H and O–H groups in total. The second kappa shape index (κ2) is 9.76. The zero-order valence-electron chi connectivity index (χ0n) is 18.7. The Bertz CT molecular complexity index is 940. The average molecular weight is 443 g/mol. The maximum absolute atomic E-state index is 13.4. The summed E-state index contributed by atoms with van der Waals surface area (Å²) in [5.41, 5.74) is 9.29. The van der Waals surface area contributed by atoms with Crippen LogP contribution in [0.25, 0.3) is 10.4 Å². The molecule has 0 bridgehead atoms. The van der Waals surface area contributed by atoms with Gasteiger partial charge in [0.05, 0.1) is 17.7 Å². The van der Waals surface area contributed by atoms with Crippen LogP contribution in [-0.4, -0.2) is 31.1 Å². The van der Waals surface area contributed by atoms with Crippen molar-refractivity contribution in [1.29, 1.82) is 0 Å². The Morgan fingerprint density at radius 3 is 2.58 bits per heavy atom. The van der Waals surface area contributed by atoms with E-state index < -0.39 is 12.0 Å². The second-order valence-corrected chi connectivity index (χ2v) is 10.3. The fourth-order valence-corrected chi connectivity index (χ4v) is 5.37. The monoisotopic (exact) mass is 442 g/mol. The highest BCUT2D eigenvalue weighted by atomic mass is 32.1. The normalized spacial score (nSPS) is 22.3. The van der Waals surface area contributed by atoms with Crippen LogP contribution in [0.1, 0.15) is 80.3 Å². The maximum atomic E-state index is 13.4. The molecule has 8 heteroatoms. The zero-order valence-corrected chi connectivity index (χ0v) is 19.5. The first kappa shape index (κ1) is 23.2. The third-order valence-electron chi connectivity index (χ3n) is 5.88. The summed E-state index contributed by atoms with van der Waals surface area (Å²) in [6.45, 7) is 6.06. The van der Waals surface area contributed by atoms with Crippen molar-refractivity contribution in [2.24, 2.45) is 16.4 Å². The number of piperidine rings is 1. The molecule has 2 heterocycles. The van der Waals surface area contributed by atoms with Gasteiger partial charge in [0, 0.05) is 16.4 Å². The number of methoxy groups -OCH3 is 1. The lowest BCUT2D eigenvalue weighted by atomic mass is 9.79. The van der Waals surface area contributed by atoms with Gasteiger partial charge in [-0.3, -0.25) is 4.79 Å².